The van der Waals surface area contributed by atoms with Gasteiger partial charge in [-0.25, -0.2) is 0 Å². The van der Waals surface area contributed by atoms with E-state index in [4.69, 9.17) is 10.2 Å². The van der Waals surface area contributed by atoms with Gasteiger partial charge < -0.3 is 30.8 Å². The van der Waals surface area contributed by atoms with Crippen LogP contribution in [0.4, 0.5) is 0 Å². The van der Waals surface area contributed by atoms with Crippen LogP contribution in [0.15, 0.2) is 0 Å². The zero-order valence-electron chi connectivity index (χ0n) is 15.0. The third kappa shape index (κ3) is 8.11. The van der Waals surface area contributed by atoms with Crippen molar-refractivity contribution in [2.24, 2.45) is 0 Å². The third-order valence-corrected chi connectivity index (χ3v) is 4.97. The SMILES string of the molecule is O=C(CCCCO)CCCCCCCC(O)C1NC(CO)C(O)C1O. The molecule has 0 saturated carbocycles. The second kappa shape index (κ2) is 12.7. The van der Waals surface area contributed by atoms with Crippen molar-refractivity contribution in [3.8, 4) is 0 Å². The molecule has 0 radical (unpaired) electrons. The molecule has 1 rings (SSSR count). The molecular formula is C18H35NO6. The highest BCUT2D eigenvalue weighted by Crippen LogP contribution is 2.20. The molecule has 0 amide bonds. The van der Waals surface area contributed by atoms with E-state index in [0.29, 0.717) is 25.7 Å². The van der Waals surface area contributed by atoms with Crippen LogP contribution in [0.5, 0.6) is 0 Å². The van der Waals surface area contributed by atoms with Crippen LogP contribution in [0, 0.1) is 0 Å². The molecule has 0 aromatic heterocycles. The molecular weight excluding hydrogens is 326 g/mol. The second-order valence-electron chi connectivity index (χ2n) is 7.06. The van der Waals surface area contributed by atoms with Gasteiger partial charge in [-0.05, 0) is 25.7 Å². The third-order valence-electron chi connectivity index (χ3n) is 4.97. The van der Waals surface area contributed by atoms with Crippen LogP contribution in [0.3, 0.4) is 0 Å². The predicted molar refractivity (Wildman–Crippen MR) is 94.1 cm³/mol. The molecule has 1 fully saturated rings. The Morgan fingerprint density at radius 3 is 2.08 bits per heavy atom. The largest absolute Gasteiger partial charge is 0.396 e. The first-order valence-electron chi connectivity index (χ1n) is 9.55. The first-order valence-corrected chi connectivity index (χ1v) is 9.55. The summed E-state index contributed by atoms with van der Waals surface area (Å²) >= 11 is 0. The van der Waals surface area contributed by atoms with Gasteiger partial charge in [-0.1, -0.05) is 25.7 Å². The fourth-order valence-corrected chi connectivity index (χ4v) is 3.34. The van der Waals surface area contributed by atoms with Gasteiger partial charge >= 0.3 is 0 Å². The zero-order valence-corrected chi connectivity index (χ0v) is 15.0. The number of nitrogens with one attached hydrogen (secondary N) is 1. The molecule has 1 heterocycles. The fourth-order valence-electron chi connectivity index (χ4n) is 3.34. The van der Waals surface area contributed by atoms with Crippen LogP contribution in [0.2, 0.25) is 0 Å². The van der Waals surface area contributed by atoms with E-state index in [1.165, 1.54) is 0 Å². The van der Waals surface area contributed by atoms with Crippen LogP contribution >= 0.6 is 0 Å². The Morgan fingerprint density at radius 2 is 1.48 bits per heavy atom. The summed E-state index contributed by atoms with van der Waals surface area (Å²) in [5, 5.41) is 50.4. The van der Waals surface area contributed by atoms with Crippen molar-refractivity contribution in [1.82, 2.24) is 5.32 Å². The number of carbonyl (C=O) groups is 1. The summed E-state index contributed by atoms with van der Waals surface area (Å²) in [7, 11) is 0. The standard InChI is InChI=1S/C18H35NO6/c20-11-7-6-9-13(22)8-4-2-1-3-5-10-15(23)16-18(25)17(24)14(12-21)19-16/h14-21,23-25H,1-12H2. The van der Waals surface area contributed by atoms with E-state index < -0.39 is 30.4 Å². The Bertz CT molecular complexity index is 367. The van der Waals surface area contributed by atoms with Crippen molar-refractivity contribution in [1.29, 1.82) is 0 Å². The van der Waals surface area contributed by atoms with Gasteiger partial charge in [-0.15, -0.1) is 0 Å². The van der Waals surface area contributed by atoms with E-state index in [-0.39, 0.29) is 19.0 Å². The van der Waals surface area contributed by atoms with Crippen molar-refractivity contribution >= 4 is 5.78 Å². The number of hydrogen-bond donors (Lipinski definition) is 6. The van der Waals surface area contributed by atoms with E-state index in [9.17, 15) is 20.1 Å². The van der Waals surface area contributed by atoms with Crippen LogP contribution in [0.25, 0.3) is 0 Å². The molecule has 6 N–H and O–H groups in total. The average Bonchev–Trinajstić information content (AvgIpc) is 2.89. The normalized spacial score (nSPS) is 27.6. The molecule has 0 bridgehead atoms. The number of ketones is 1. The van der Waals surface area contributed by atoms with Gasteiger partial charge in [0.2, 0.25) is 0 Å². The monoisotopic (exact) mass is 361 g/mol. The number of hydrogen-bond acceptors (Lipinski definition) is 7. The molecule has 0 aliphatic carbocycles. The van der Waals surface area contributed by atoms with Gasteiger partial charge in [-0.3, -0.25) is 4.79 Å². The molecule has 1 aliphatic heterocycles. The lowest BCUT2D eigenvalue weighted by Gasteiger charge is -2.22. The maximum atomic E-state index is 11.6. The first kappa shape index (κ1) is 22.5. The van der Waals surface area contributed by atoms with Gasteiger partial charge in [0.25, 0.3) is 0 Å². The lowest BCUT2D eigenvalue weighted by molar-refractivity contribution is -0.119. The number of Topliss-reactive ketones (excluding diaryl/α,β-unsaturated/α-hetero) is 1. The molecule has 1 saturated heterocycles. The van der Waals surface area contributed by atoms with Crippen molar-refractivity contribution in [2.45, 2.75) is 94.6 Å². The minimum absolute atomic E-state index is 0.145. The molecule has 0 aromatic carbocycles. The Kier molecular flexibility index (Phi) is 11.4. The highest BCUT2D eigenvalue weighted by molar-refractivity contribution is 5.78. The van der Waals surface area contributed by atoms with Crippen molar-refractivity contribution in [3.05, 3.63) is 0 Å². The molecule has 7 heteroatoms. The summed E-state index contributed by atoms with van der Waals surface area (Å²) in [5.41, 5.74) is 0. The van der Waals surface area contributed by atoms with Gasteiger partial charge in [0.1, 0.15) is 5.78 Å². The molecule has 0 spiro atoms. The lowest BCUT2D eigenvalue weighted by Crippen LogP contribution is -2.44. The summed E-state index contributed by atoms with van der Waals surface area (Å²) in [6.45, 7) is -0.133. The highest BCUT2D eigenvalue weighted by atomic mass is 16.3. The number of rotatable bonds is 14. The maximum absolute atomic E-state index is 11.6. The Morgan fingerprint density at radius 1 is 0.880 bits per heavy atom. The maximum Gasteiger partial charge on any atom is 0.132 e. The quantitative estimate of drug-likeness (QED) is 0.238. The van der Waals surface area contributed by atoms with E-state index in [0.717, 1.165) is 38.5 Å². The van der Waals surface area contributed by atoms with Crippen molar-refractivity contribution < 1.29 is 30.3 Å². The Balaban J connectivity index is 2.03. The summed E-state index contributed by atoms with van der Waals surface area (Å²) in [5.74, 6) is 0.266. The smallest absolute Gasteiger partial charge is 0.132 e. The van der Waals surface area contributed by atoms with E-state index >= 15 is 0 Å². The molecule has 25 heavy (non-hydrogen) atoms. The predicted octanol–water partition coefficient (Wildman–Crippen LogP) is -0.136. The van der Waals surface area contributed by atoms with Gasteiger partial charge in [0, 0.05) is 19.4 Å². The summed E-state index contributed by atoms with van der Waals surface area (Å²) in [6, 6.07) is -1.20. The minimum Gasteiger partial charge on any atom is -0.396 e. The zero-order chi connectivity index (χ0) is 18.7. The molecule has 5 unspecified atom stereocenters. The lowest BCUT2D eigenvalue weighted by atomic mass is 9.98. The summed E-state index contributed by atoms with van der Waals surface area (Å²) in [4.78, 5) is 11.6. The number of aliphatic hydroxyl groups is 5. The van der Waals surface area contributed by atoms with E-state index in [1.807, 2.05) is 0 Å². The molecule has 148 valence electrons. The molecule has 7 nitrogen and oxygen atoms in total. The van der Waals surface area contributed by atoms with Crippen LogP contribution in [-0.2, 0) is 4.79 Å². The second-order valence-corrected chi connectivity index (χ2v) is 7.06. The van der Waals surface area contributed by atoms with Crippen molar-refractivity contribution in [3.63, 3.8) is 0 Å². The summed E-state index contributed by atoms with van der Waals surface area (Å²) in [6.07, 6.45) is 4.90. The minimum atomic E-state index is -1.07. The fraction of sp³-hybridized carbons (Fsp3) is 0.944. The van der Waals surface area contributed by atoms with Gasteiger partial charge in [-0.2, -0.15) is 0 Å². The van der Waals surface area contributed by atoms with E-state index in [1.54, 1.807) is 0 Å². The van der Waals surface area contributed by atoms with Crippen molar-refractivity contribution in [2.75, 3.05) is 13.2 Å². The first-order chi connectivity index (χ1) is 12.0. The van der Waals surface area contributed by atoms with E-state index in [2.05, 4.69) is 5.32 Å². The van der Waals surface area contributed by atoms with Crippen LogP contribution in [0.1, 0.15) is 64.2 Å². The number of unbranched alkanes of at least 4 members (excludes halogenated alkanes) is 5. The topological polar surface area (TPSA) is 130 Å². The number of aliphatic hydroxyl groups excluding tert-OH is 5. The molecule has 1 aliphatic rings. The Hall–Kier alpha value is -0.570. The summed E-state index contributed by atoms with van der Waals surface area (Å²) < 4.78 is 0. The highest BCUT2D eigenvalue weighted by Gasteiger charge is 2.43. The van der Waals surface area contributed by atoms with Crippen LogP contribution in [-0.4, -0.2) is 74.9 Å². The molecule has 0 aromatic rings. The van der Waals surface area contributed by atoms with Gasteiger partial charge in [0.05, 0.1) is 37.0 Å². The molecule has 5 atom stereocenters. The van der Waals surface area contributed by atoms with Crippen LogP contribution < -0.4 is 5.32 Å². The Labute approximate surface area is 150 Å². The van der Waals surface area contributed by atoms with Gasteiger partial charge in [0.15, 0.2) is 0 Å². The average molecular weight is 361 g/mol. The number of carbonyl (C=O) groups excluding carboxylic acids is 1.